The normalized spacial score (nSPS) is 16.5. The number of rotatable bonds is 9. The third kappa shape index (κ3) is 5.35. The predicted molar refractivity (Wildman–Crippen MR) is 83.6 cm³/mol. The molecule has 0 saturated heterocycles. The van der Waals surface area contributed by atoms with Crippen LogP contribution in [0.3, 0.4) is 0 Å². The Morgan fingerprint density at radius 2 is 2.16 bits per heavy atom. The van der Waals surface area contributed by atoms with E-state index in [1.807, 2.05) is 0 Å². The maximum absolute atomic E-state index is 11.9. The molecule has 2 unspecified atom stereocenters. The van der Waals surface area contributed by atoms with Gasteiger partial charge < -0.3 is 23.4 Å². The average Bonchev–Trinajstić information content (AvgIpc) is 3.07. The number of aliphatic hydroxyl groups is 1. The zero-order valence-electron chi connectivity index (χ0n) is 12.9. The Labute approximate surface area is 154 Å². The van der Waals surface area contributed by atoms with Crippen LogP contribution in [0.2, 0.25) is 0 Å². The molecular weight excluding hydrogens is 371 g/mol. The molecule has 0 aromatic heterocycles. The summed E-state index contributed by atoms with van der Waals surface area (Å²) in [6.45, 7) is -0.334. The van der Waals surface area contributed by atoms with Crippen molar-refractivity contribution in [3.05, 3.63) is 23.8 Å². The average molecular weight is 387 g/mol. The second-order valence-electron chi connectivity index (χ2n) is 4.95. The summed E-state index contributed by atoms with van der Waals surface area (Å²) in [5.74, 6) is 0.0611. The fraction of sp³-hybridized carbons (Fsp3) is 0.417. The lowest BCUT2D eigenvalue weighted by Gasteiger charge is -2.32. The lowest BCUT2D eigenvalue weighted by molar-refractivity contribution is -0.133. The van der Waals surface area contributed by atoms with Crippen molar-refractivity contribution in [2.45, 2.75) is 18.9 Å². The number of hydroxylamine groups is 1. The van der Waals surface area contributed by atoms with Gasteiger partial charge in [0.2, 0.25) is 6.79 Å². The quantitative estimate of drug-likeness (QED) is 0.101. The van der Waals surface area contributed by atoms with Crippen LogP contribution in [0.25, 0.3) is 0 Å². The first-order chi connectivity index (χ1) is 12.0. The molecule has 1 aliphatic rings. The SMILES string of the molecule is O=C(NO)[C@@H](CNC(O)[NH][Al])N(Cc1ccc2c(c1)OCO2)S(=O)[O-]. The van der Waals surface area contributed by atoms with Gasteiger partial charge >= 0.3 is 0 Å². The van der Waals surface area contributed by atoms with Gasteiger partial charge in [-0.15, -0.1) is 0 Å². The molecule has 0 spiro atoms. The van der Waals surface area contributed by atoms with Crippen LogP contribution in [0, 0.1) is 0 Å². The summed E-state index contributed by atoms with van der Waals surface area (Å²) in [4.78, 5) is 11.9. The van der Waals surface area contributed by atoms with Gasteiger partial charge in [-0.1, -0.05) is 6.07 Å². The Morgan fingerprint density at radius 3 is 2.80 bits per heavy atom. The Hall–Kier alpha value is -1.27. The molecular formula is C12H16AlN4O7S-. The molecule has 13 heteroatoms. The number of nitrogens with zero attached hydrogens (tertiary/aromatic N) is 1. The largest absolute Gasteiger partial charge is 0.760 e. The van der Waals surface area contributed by atoms with Crippen molar-refractivity contribution in [2.24, 2.45) is 0 Å². The number of carbonyl (C=O) groups is 1. The first kappa shape index (κ1) is 20.0. The molecule has 0 bridgehead atoms. The van der Waals surface area contributed by atoms with E-state index in [9.17, 15) is 18.7 Å². The number of fused-ring (bicyclic) bond motifs is 1. The van der Waals surface area contributed by atoms with Gasteiger partial charge in [0.15, 0.2) is 11.5 Å². The van der Waals surface area contributed by atoms with Crippen LogP contribution in [0.5, 0.6) is 11.5 Å². The molecule has 0 aliphatic carbocycles. The highest BCUT2D eigenvalue weighted by Gasteiger charge is 2.28. The molecule has 1 aromatic carbocycles. The third-order valence-electron chi connectivity index (χ3n) is 3.39. The third-order valence-corrected chi connectivity index (χ3v) is 4.47. The summed E-state index contributed by atoms with van der Waals surface area (Å²) in [6.07, 6.45) is -1.19. The van der Waals surface area contributed by atoms with Crippen LogP contribution in [0.1, 0.15) is 5.56 Å². The van der Waals surface area contributed by atoms with E-state index in [1.54, 1.807) is 18.2 Å². The molecule has 2 rings (SSSR count). The lowest BCUT2D eigenvalue weighted by Crippen LogP contribution is -2.54. The highest BCUT2D eigenvalue weighted by Crippen LogP contribution is 2.33. The maximum atomic E-state index is 11.9. The Balaban J connectivity index is 2.17. The number of aliphatic hydroxyl groups excluding tert-OH is 1. The molecule has 1 aliphatic heterocycles. The summed E-state index contributed by atoms with van der Waals surface area (Å²) >= 11 is -0.722. The molecule has 136 valence electrons. The summed E-state index contributed by atoms with van der Waals surface area (Å²) in [7, 11) is 0. The minimum absolute atomic E-state index is 0.0787. The molecule has 2 radical (unpaired) electrons. The number of nitrogens with one attached hydrogen (secondary N) is 3. The molecule has 1 amide bonds. The van der Waals surface area contributed by atoms with Crippen molar-refractivity contribution in [3.63, 3.8) is 0 Å². The Morgan fingerprint density at radius 1 is 1.44 bits per heavy atom. The molecule has 25 heavy (non-hydrogen) atoms. The van der Waals surface area contributed by atoms with Crippen molar-refractivity contribution in [3.8, 4) is 11.5 Å². The van der Waals surface area contributed by atoms with E-state index >= 15 is 0 Å². The number of amides is 1. The van der Waals surface area contributed by atoms with Crippen LogP contribution in [-0.2, 0) is 22.6 Å². The zero-order valence-corrected chi connectivity index (χ0v) is 14.8. The van der Waals surface area contributed by atoms with E-state index in [0.29, 0.717) is 17.1 Å². The highest BCUT2D eigenvalue weighted by molar-refractivity contribution is 7.76. The van der Waals surface area contributed by atoms with E-state index in [1.165, 1.54) is 5.48 Å². The van der Waals surface area contributed by atoms with E-state index in [4.69, 9.17) is 14.7 Å². The summed E-state index contributed by atoms with van der Waals surface area (Å²) in [6, 6.07) is 3.56. The second-order valence-corrected chi connectivity index (χ2v) is 6.19. The van der Waals surface area contributed by atoms with Gasteiger partial charge in [-0.2, -0.15) is 0 Å². The molecule has 1 heterocycles. The van der Waals surface area contributed by atoms with Gasteiger partial charge in [0, 0.05) is 24.4 Å². The first-order valence-electron chi connectivity index (χ1n) is 7.02. The number of hydrogen-bond acceptors (Lipinski definition) is 9. The van der Waals surface area contributed by atoms with Crippen LogP contribution >= 0.6 is 0 Å². The zero-order chi connectivity index (χ0) is 18.4. The molecule has 11 nitrogen and oxygen atoms in total. The summed E-state index contributed by atoms with van der Waals surface area (Å²) in [5.41, 5.74) is 1.97. The van der Waals surface area contributed by atoms with Crippen molar-refractivity contribution in [2.75, 3.05) is 13.3 Å². The molecule has 1 aromatic rings. The molecule has 3 atom stereocenters. The van der Waals surface area contributed by atoms with E-state index in [-0.39, 0.29) is 19.9 Å². The van der Waals surface area contributed by atoms with Gasteiger partial charge in [0.25, 0.3) is 22.4 Å². The summed E-state index contributed by atoms with van der Waals surface area (Å²) in [5, 5.41) is 20.8. The van der Waals surface area contributed by atoms with Gasteiger partial charge in [0.1, 0.15) is 12.4 Å². The number of carbonyl (C=O) groups excluding carboxylic acids is 1. The Bertz CT molecular complexity index is 637. The Kier molecular flexibility index (Phi) is 7.57. The smallest absolute Gasteiger partial charge is 0.262 e. The fourth-order valence-corrected chi connectivity index (χ4v) is 2.92. The van der Waals surface area contributed by atoms with Gasteiger partial charge in [-0.3, -0.25) is 19.5 Å². The topological polar surface area (TPSA) is 155 Å². The number of ether oxygens (including phenoxy) is 2. The molecule has 5 N–H and O–H groups in total. The minimum atomic E-state index is -2.78. The number of hydrogen-bond donors (Lipinski definition) is 5. The fourth-order valence-electron chi connectivity index (χ4n) is 2.17. The monoisotopic (exact) mass is 387 g/mol. The lowest BCUT2D eigenvalue weighted by atomic mass is 10.2. The highest BCUT2D eigenvalue weighted by atomic mass is 32.2. The maximum Gasteiger partial charge on any atom is 0.262 e. The van der Waals surface area contributed by atoms with Crippen molar-refractivity contribution in [1.82, 2.24) is 19.4 Å². The molecule has 0 saturated carbocycles. The van der Waals surface area contributed by atoms with Crippen LogP contribution in [0.15, 0.2) is 18.2 Å². The van der Waals surface area contributed by atoms with E-state index in [2.05, 4.69) is 26.1 Å². The van der Waals surface area contributed by atoms with E-state index < -0.39 is 29.6 Å². The summed E-state index contributed by atoms with van der Waals surface area (Å²) < 4.78 is 36.9. The van der Waals surface area contributed by atoms with Crippen LogP contribution < -0.4 is 24.6 Å². The van der Waals surface area contributed by atoms with Gasteiger partial charge in [-0.05, 0) is 17.7 Å². The molecule has 0 fully saturated rings. The second kappa shape index (κ2) is 9.44. The first-order valence-corrected chi connectivity index (χ1v) is 8.63. The van der Waals surface area contributed by atoms with Crippen LogP contribution in [0.4, 0.5) is 0 Å². The van der Waals surface area contributed by atoms with E-state index in [0.717, 1.165) is 4.31 Å². The van der Waals surface area contributed by atoms with Gasteiger partial charge in [0.05, 0.1) is 0 Å². The van der Waals surface area contributed by atoms with Crippen molar-refractivity contribution >= 4 is 33.7 Å². The standard InChI is InChI=1S/C12H17N4O7S.Al/c13-12(18)14-4-8(11(17)15-19)16(24(20)21)5-7-1-2-9-10(3-7)23-6-22-9;/h1-3,8,12-14,18-19H,4-6H2,(H,15,17)(H,20,21);/q-1;+1/p-1/t8-,12?;/m1./s1. The minimum Gasteiger partial charge on any atom is -0.760 e. The predicted octanol–water partition coefficient (Wildman–Crippen LogP) is -2.58. The van der Waals surface area contributed by atoms with Gasteiger partial charge in [-0.25, -0.2) is 9.79 Å². The number of benzene rings is 1. The van der Waals surface area contributed by atoms with Crippen molar-refractivity contribution in [1.29, 1.82) is 0 Å². The van der Waals surface area contributed by atoms with Crippen molar-refractivity contribution < 1.29 is 33.3 Å². The van der Waals surface area contributed by atoms with Crippen LogP contribution in [-0.4, -0.2) is 71.5 Å².